The Labute approximate surface area is 142 Å². The fourth-order valence-corrected chi connectivity index (χ4v) is 3.35. The molecule has 1 saturated heterocycles. The molecule has 1 aliphatic rings. The lowest BCUT2D eigenvalue weighted by molar-refractivity contribution is -0.122. The summed E-state index contributed by atoms with van der Waals surface area (Å²) in [5.41, 5.74) is 0.999. The van der Waals surface area contributed by atoms with Gasteiger partial charge in [0.15, 0.2) is 5.11 Å². The van der Waals surface area contributed by atoms with Gasteiger partial charge in [0.25, 0.3) is 0 Å². The minimum absolute atomic E-state index is 0.0210. The molecule has 0 spiro atoms. The van der Waals surface area contributed by atoms with Gasteiger partial charge in [-0.05, 0) is 57.1 Å². The van der Waals surface area contributed by atoms with E-state index >= 15 is 0 Å². The first-order chi connectivity index (χ1) is 10.3. The molecule has 1 aromatic rings. The van der Waals surface area contributed by atoms with Crippen LogP contribution in [0.15, 0.2) is 24.3 Å². The molecule has 1 aromatic carbocycles. The van der Waals surface area contributed by atoms with Crippen molar-refractivity contribution in [2.45, 2.75) is 45.3 Å². The van der Waals surface area contributed by atoms with E-state index in [9.17, 15) is 4.79 Å². The van der Waals surface area contributed by atoms with Gasteiger partial charge < -0.3 is 15.5 Å². The van der Waals surface area contributed by atoms with Crippen LogP contribution in [-0.4, -0.2) is 34.0 Å². The van der Waals surface area contributed by atoms with Gasteiger partial charge >= 0.3 is 0 Å². The molecule has 2 N–H and O–H groups in total. The molecule has 120 valence electrons. The molecule has 0 unspecified atom stereocenters. The zero-order chi connectivity index (χ0) is 16.3. The second kappa shape index (κ2) is 6.84. The molecule has 6 heteroatoms. The Bertz CT molecular complexity index is 559. The number of thiocarbonyl (C=S) groups is 1. The van der Waals surface area contributed by atoms with Crippen LogP contribution in [-0.2, 0) is 11.3 Å². The Morgan fingerprint density at radius 1 is 1.45 bits per heavy atom. The number of rotatable bonds is 4. The molecule has 0 aliphatic carbocycles. The molecule has 1 amide bonds. The van der Waals surface area contributed by atoms with Crippen LogP contribution < -0.4 is 10.6 Å². The van der Waals surface area contributed by atoms with Crippen molar-refractivity contribution in [2.75, 3.05) is 6.54 Å². The molecule has 1 heterocycles. The van der Waals surface area contributed by atoms with E-state index < -0.39 is 0 Å². The van der Waals surface area contributed by atoms with Crippen LogP contribution in [0.25, 0.3) is 0 Å². The number of nitrogens with zero attached hydrogens (tertiary/aromatic N) is 1. The number of amides is 1. The highest BCUT2D eigenvalue weighted by atomic mass is 35.5. The molecule has 0 radical (unpaired) electrons. The van der Waals surface area contributed by atoms with Gasteiger partial charge in [0.1, 0.15) is 0 Å². The maximum atomic E-state index is 12.1. The van der Waals surface area contributed by atoms with Gasteiger partial charge in [-0.3, -0.25) is 4.79 Å². The standard InChI is InChI=1S/C16H22ClN3OS/c1-11-8-16(2,3)19-15(22)20(11)10-14(21)18-9-12-4-6-13(17)7-5-12/h4-7,11H,8-10H2,1-3H3,(H,18,21)(H,19,22)/t11-/m0/s1. The van der Waals surface area contributed by atoms with E-state index in [1.54, 1.807) is 0 Å². The van der Waals surface area contributed by atoms with Gasteiger partial charge in [-0.15, -0.1) is 0 Å². The highest BCUT2D eigenvalue weighted by Crippen LogP contribution is 2.21. The average molecular weight is 340 g/mol. The molecule has 22 heavy (non-hydrogen) atoms. The van der Waals surface area contributed by atoms with E-state index in [0.29, 0.717) is 16.7 Å². The van der Waals surface area contributed by atoms with Crippen LogP contribution in [0, 0.1) is 0 Å². The molecule has 1 fully saturated rings. The van der Waals surface area contributed by atoms with Gasteiger partial charge in [0, 0.05) is 23.1 Å². The Morgan fingerprint density at radius 2 is 2.09 bits per heavy atom. The Kier molecular flexibility index (Phi) is 5.29. The minimum Gasteiger partial charge on any atom is -0.358 e. The normalized spacial score (nSPS) is 20.5. The highest BCUT2D eigenvalue weighted by molar-refractivity contribution is 7.80. The van der Waals surface area contributed by atoms with Gasteiger partial charge in [0.05, 0.1) is 6.54 Å². The number of carbonyl (C=O) groups is 1. The van der Waals surface area contributed by atoms with Crippen LogP contribution in [0.3, 0.4) is 0 Å². The highest BCUT2D eigenvalue weighted by Gasteiger charge is 2.33. The predicted octanol–water partition coefficient (Wildman–Crippen LogP) is 2.70. The summed E-state index contributed by atoms with van der Waals surface area (Å²) in [5.74, 6) is -0.0364. The third kappa shape index (κ3) is 4.58. The molecule has 1 aliphatic heterocycles. The zero-order valence-electron chi connectivity index (χ0n) is 13.1. The van der Waals surface area contributed by atoms with Gasteiger partial charge in [0.2, 0.25) is 5.91 Å². The van der Waals surface area contributed by atoms with Crippen LogP contribution in [0.2, 0.25) is 5.02 Å². The summed E-state index contributed by atoms with van der Waals surface area (Å²) >= 11 is 11.2. The zero-order valence-corrected chi connectivity index (χ0v) is 14.7. The van der Waals surface area contributed by atoms with Crippen molar-refractivity contribution in [1.82, 2.24) is 15.5 Å². The van der Waals surface area contributed by atoms with Crippen molar-refractivity contribution in [1.29, 1.82) is 0 Å². The van der Waals surface area contributed by atoms with Crippen molar-refractivity contribution >= 4 is 34.8 Å². The lowest BCUT2D eigenvalue weighted by Gasteiger charge is -2.44. The van der Waals surface area contributed by atoms with Crippen LogP contribution >= 0.6 is 23.8 Å². The first-order valence-electron chi connectivity index (χ1n) is 7.37. The number of hydrogen-bond donors (Lipinski definition) is 2. The number of nitrogens with one attached hydrogen (secondary N) is 2. The second-order valence-electron chi connectivity index (χ2n) is 6.40. The van der Waals surface area contributed by atoms with Crippen molar-refractivity contribution in [3.8, 4) is 0 Å². The van der Waals surface area contributed by atoms with Gasteiger partial charge in [-0.25, -0.2) is 0 Å². The first-order valence-corrected chi connectivity index (χ1v) is 8.15. The maximum absolute atomic E-state index is 12.1. The minimum atomic E-state index is -0.0364. The summed E-state index contributed by atoms with van der Waals surface area (Å²) in [6.07, 6.45) is 0.942. The van der Waals surface area contributed by atoms with Crippen LogP contribution in [0.4, 0.5) is 0 Å². The molecular weight excluding hydrogens is 318 g/mol. The van der Waals surface area contributed by atoms with Crippen LogP contribution in [0.1, 0.15) is 32.8 Å². The van der Waals surface area contributed by atoms with E-state index in [2.05, 4.69) is 31.4 Å². The monoisotopic (exact) mass is 339 g/mol. The van der Waals surface area contributed by atoms with Crippen molar-refractivity contribution in [3.05, 3.63) is 34.9 Å². The predicted molar refractivity (Wildman–Crippen MR) is 93.9 cm³/mol. The van der Waals surface area contributed by atoms with Gasteiger partial charge in [-0.2, -0.15) is 0 Å². The smallest absolute Gasteiger partial charge is 0.239 e. The molecule has 0 saturated carbocycles. The van der Waals surface area contributed by atoms with Crippen molar-refractivity contribution < 1.29 is 4.79 Å². The lowest BCUT2D eigenvalue weighted by atomic mass is 9.93. The van der Waals surface area contributed by atoms with Gasteiger partial charge in [-0.1, -0.05) is 23.7 Å². The van der Waals surface area contributed by atoms with E-state index in [1.807, 2.05) is 29.2 Å². The third-order valence-electron chi connectivity index (χ3n) is 3.76. The molecule has 0 aromatic heterocycles. The van der Waals surface area contributed by atoms with Crippen molar-refractivity contribution in [2.24, 2.45) is 0 Å². The first kappa shape index (κ1) is 17.0. The molecule has 1 atom stereocenters. The number of halogens is 1. The fraction of sp³-hybridized carbons (Fsp3) is 0.500. The Morgan fingerprint density at radius 3 is 2.68 bits per heavy atom. The Balaban J connectivity index is 1.86. The van der Waals surface area contributed by atoms with E-state index in [4.69, 9.17) is 23.8 Å². The Hall–Kier alpha value is -1.33. The van der Waals surface area contributed by atoms with E-state index in [1.165, 1.54) is 0 Å². The van der Waals surface area contributed by atoms with E-state index in [0.717, 1.165) is 12.0 Å². The fourth-order valence-electron chi connectivity index (χ4n) is 2.70. The topological polar surface area (TPSA) is 44.4 Å². The average Bonchev–Trinajstić information content (AvgIpc) is 2.41. The summed E-state index contributed by atoms with van der Waals surface area (Å²) < 4.78 is 0. The summed E-state index contributed by atoms with van der Waals surface area (Å²) in [5, 5.41) is 7.54. The summed E-state index contributed by atoms with van der Waals surface area (Å²) in [6, 6.07) is 7.68. The largest absolute Gasteiger partial charge is 0.358 e. The molecule has 2 rings (SSSR count). The number of carbonyl (C=O) groups excluding carboxylic acids is 1. The molecule has 0 bridgehead atoms. The van der Waals surface area contributed by atoms with Crippen LogP contribution in [0.5, 0.6) is 0 Å². The third-order valence-corrected chi connectivity index (χ3v) is 4.35. The summed E-state index contributed by atoms with van der Waals surface area (Å²) in [7, 11) is 0. The summed E-state index contributed by atoms with van der Waals surface area (Å²) in [6.45, 7) is 7.10. The summed E-state index contributed by atoms with van der Waals surface area (Å²) in [4.78, 5) is 14.1. The second-order valence-corrected chi connectivity index (χ2v) is 7.22. The SMILES string of the molecule is C[C@H]1CC(C)(C)NC(=S)N1CC(=O)NCc1ccc(Cl)cc1. The molecular formula is C16H22ClN3OS. The van der Waals surface area contributed by atoms with E-state index in [-0.39, 0.29) is 24.0 Å². The number of hydrogen-bond acceptors (Lipinski definition) is 2. The van der Waals surface area contributed by atoms with Crippen molar-refractivity contribution in [3.63, 3.8) is 0 Å². The lowest BCUT2D eigenvalue weighted by Crippen LogP contribution is -2.61. The molecule has 4 nitrogen and oxygen atoms in total. The quantitative estimate of drug-likeness (QED) is 0.828. The number of benzene rings is 1. The maximum Gasteiger partial charge on any atom is 0.239 e.